The van der Waals surface area contributed by atoms with Crippen molar-refractivity contribution in [1.29, 1.82) is 0 Å². The lowest BCUT2D eigenvalue weighted by Crippen LogP contribution is -2.52. The Morgan fingerprint density at radius 1 is 1.27 bits per heavy atom. The van der Waals surface area contributed by atoms with Crippen LogP contribution in [-0.2, 0) is 10.3 Å². The van der Waals surface area contributed by atoms with Gasteiger partial charge < -0.3 is 20.3 Å². The van der Waals surface area contributed by atoms with Gasteiger partial charge in [0.15, 0.2) is 0 Å². The molecule has 1 aromatic rings. The van der Waals surface area contributed by atoms with Crippen LogP contribution >= 0.6 is 0 Å². The van der Waals surface area contributed by atoms with Gasteiger partial charge in [-0.25, -0.2) is 15.6 Å². The van der Waals surface area contributed by atoms with Gasteiger partial charge in [0.05, 0.1) is 6.61 Å². The van der Waals surface area contributed by atoms with E-state index in [0.29, 0.717) is 43.6 Å². The van der Waals surface area contributed by atoms with E-state index in [1.165, 1.54) is 0 Å². The van der Waals surface area contributed by atoms with Crippen LogP contribution in [0, 0.1) is 0 Å². The van der Waals surface area contributed by atoms with Crippen molar-refractivity contribution in [2.45, 2.75) is 43.7 Å². The van der Waals surface area contributed by atoms with Crippen LogP contribution in [-0.4, -0.2) is 35.9 Å². The average molecular weight is 364 g/mol. The second-order valence-corrected chi connectivity index (χ2v) is 6.75. The maximum atomic E-state index is 12.0. The Morgan fingerprint density at radius 2 is 2.00 bits per heavy atom. The zero-order chi connectivity index (χ0) is 18.8. The molecule has 0 radical (unpaired) electrons. The van der Waals surface area contributed by atoms with Crippen LogP contribution in [0.25, 0.3) is 0 Å². The third-order valence-corrected chi connectivity index (χ3v) is 5.20. The molecule has 1 saturated heterocycles. The van der Waals surface area contributed by atoms with Crippen molar-refractivity contribution in [2.75, 3.05) is 13.2 Å². The second-order valence-electron chi connectivity index (χ2n) is 6.75. The van der Waals surface area contributed by atoms with Crippen LogP contribution in [0.15, 0.2) is 18.2 Å². The molecule has 0 aromatic heterocycles. The van der Waals surface area contributed by atoms with Crippen molar-refractivity contribution < 1.29 is 24.2 Å². The molecule has 6 N–H and O–H groups in total. The van der Waals surface area contributed by atoms with Crippen molar-refractivity contribution in [3.63, 3.8) is 0 Å². The minimum absolute atomic E-state index is 0.171. The zero-order valence-corrected chi connectivity index (χ0v) is 14.6. The molecular formula is C17H24N4O5. The Morgan fingerprint density at radius 3 is 2.54 bits per heavy atom. The Balaban J connectivity index is 2.01. The van der Waals surface area contributed by atoms with E-state index in [-0.39, 0.29) is 11.1 Å². The predicted molar refractivity (Wildman–Crippen MR) is 92.4 cm³/mol. The SMILES string of the molecule is CCOc1ccc(C(N)=O)c(C2(OC(=O)O)CCC3(CC2)CNNN3)c1. The molecule has 142 valence electrons. The van der Waals surface area contributed by atoms with E-state index >= 15 is 0 Å². The zero-order valence-electron chi connectivity index (χ0n) is 14.6. The number of hydrogen-bond acceptors (Lipinski definition) is 7. The van der Waals surface area contributed by atoms with E-state index < -0.39 is 17.7 Å². The van der Waals surface area contributed by atoms with Crippen LogP contribution in [0.1, 0.15) is 48.5 Å². The third-order valence-electron chi connectivity index (χ3n) is 5.20. The van der Waals surface area contributed by atoms with Crippen LogP contribution < -0.4 is 26.9 Å². The fourth-order valence-electron chi connectivity index (χ4n) is 3.83. The number of ether oxygens (including phenoxy) is 2. The quantitative estimate of drug-likeness (QED) is 0.488. The van der Waals surface area contributed by atoms with Gasteiger partial charge in [-0.05, 0) is 50.8 Å². The highest BCUT2D eigenvalue weighted by atomic mass is 16.7. The van der Waals surface area contributed by atoms with E-state index in [0.717, 1.165) is 6.54 Å². The van der Waals surface area contributed by atoms with Crippen molar-refractivity contribution in [2.24, 2.45) is 5.73 Å². The minimum Gasteiger partial charge on any atom is -0.494 e. The van der Waals surface area contributed by atoms with E-state index in [1.54, 1.807) is 18.2 Å². The molecule has 1 aliphatic carbocycles. The standard InChI is InChI=1S/C17H24N4O5/c1-2-25-11-3-4-12(14(18)22)13(9-11)17(26-15(23)24)7-5-16(6-8-17)10-19-21-20-16/h3-4,9,19-21H,2,5-8,10H2,1H3,(H2,18,22)(H,23,24). The first-order chi connectivity index (χ1) is 12.4. The number of carbonyl (C=O) groups is 2. The van der Waals surface area contributed by atoms with Gasteiger partial charge in [-0.3, -0.25) is 4.79 Å². The summed E-state index contributed by atoms with van der Waals surface area (Å²) in [7, 11) is 0. The molecule has 1 aromatic carbocycles. The monoisotopic (exact) mass is 364 g/mol. The van der Waals surface area contributed by atoms with Crippen LogP contribution in [0.4, 0.5) is 4.79 Å². The summed E-state index contributed by atoms with van der Waals surface area (Å²) >= 11 is 0. The van der Waals surface area contributed by atoms with Gasteiger partial charge in [0.25, 0.3) is 0 Å². The summed E-state index contributed by atoms with van der Waals surface area (Å²) < 4.78 is 10.9. The summed E-state index contributed by atoms with van der Waals surface area (Å²) in [6, 6.07) is 4.89. The molecule has 0 unspecified atom stereocenters. The molecule has 1 heterocycles. The lowest BCUT2D eigenvalue weighted by Gasteiger charge is -2.43. The fourth-order valence-corrected chi connectivity index (χ4v) is 3.83. The number of nitrogens with one attached hydrogen (secondary N) is 3. The molecular weight excluding hydrogens is 340 g/mol. The van der Waals surface area contributed by atoms with Crippen molar-refractivity contribution in [1.82, 2.24) is 16.4 Å². The maximum Gasteiger partial charge on any atom is 0.506 e. The molecule has 2 aliphatic rings. The number of benzene rings is 1. The molecule has 1 saturated carbocycles. The first-order valence-corrected chi connectivity index (χ1v) is 8.64. The molecule has 0 bridgehead atoms. The van der Waals surface area contributed by atoms with Crippen molar-refractivity contribution >= 4 is 12.1 Å². The van der Waals surface area contributed by atoms with Gasteiger partial charge in [-0.1, -0.05) is 0 Å². The predicted octanol–water partition coefficient (Wildman–Crippen LogP) is 0.999. The number of hydrogen-bond donors (Lipinski definition) is 5. The van der Waals surface area contributed by atoms with Gasteiger partial charge in [0, 0.05) is 23.2 Å². The van der Waals surface area contributed by atoms with Crippen LogP contribution in [0.5, 0.6) is 5.75 Å². The maximum absolute atomic E-state index is 12.0. The molecule has 1 amide bonds. The average Bonchev–Trinajstić information content (AvgIpc) is 3.05. The lowest BCUT2D eigenvalue weighted by molar-refractivity contribution is -0.0595. The lowest BCUT2D eigenvalue weighted by atomic mass is 9.70. The second kappa shape index (κ2) is 7.10. The highest BCUT2D eigenvalue weighted by Gasteiger charge is 2.49. The smallest absolute Gasteiger partial charge is 0.494 e. The third kappa shape index (κ3) is 3.46. The first kappa shape index (κ1) is 18.4. The number of carbonyl (C=O) groups excluding carboxylic acids is 1. The molecule has 9 heteroatoms. The van der Waals surface area contributed by atoms with E-state index in [4.69, 9.17) is 15.2 Å². The van der Waals surface area contributed by atoms with Crippen molar-refractivity contribution in [3.8, 4) is 5.75 Å². The Labute approximate surface area is 151 Å². The van der Waals surface area contributed by atoms with E-state index in [1.807, 2.05) is 6.92 Å². The molecule has 1 spiro atoms. The highest BCUT2D eigenvalue weighted by molar-refractivity contribution is 5.95. The summed E-state index contributed by atoms with van der Waals surface area (Å²) in [5.41, 5.74) is 14.1. The molecule has 1 aliphatic heterocycles. The van der Waals surface area contributed by atoms with Gasteiger partial charge in [-0.2, -0.15) is 5.53 Å². The molecule has 2 fully saturated rings. The number of amides is 1. The number of carboxylic acid groups (broad SMARTS) is 1. The molecule has 26 heavy (non-hydrogen) atoms. The van der Waals surface area contributed by atoms with Gasteiger partial charge in [-0.15, -0.1) is 0 Å². The summed E-state index contributed by atoms with van der Waals surface area (Å²) in [5.74, 6) is -0.0810. The van der Waals surface area contributed by atoms with Gasteiger partial charge >= 0.3 is 6.16 Å². The summed E-state index contributed by atoms with van der Waals surface area (Å²) in [6.07, 6.45) is 0.792. The van der Waals surface area contributed by atoms with Crippen LogP contribution in [0.3, 0.4) is 0 Å². The normalized spacial score (nSPS) is 28.0. The Bertz CT molecular complexity index is 692. The van der Waals surface area contributed by atoms with E-state index in [2.05, 4.69) is 16.4 Å². The molecule has 9 nitrogen and oxygen atoms in total. The molecule has 0 atom stereocenters. The number of primary amides is 1. The summed E-state index contributed by atoms with van der Waals surface area (Å²) in [5, 5.41) is 9.34. The molecule has 3 rings (SSSR count). The highest BCUT2D eigenvalue weighted by Crippen LogP contribution is 2.46. The topological polar surface area (TPSA) is 135 Å². The minimum atomic E-state index is -1.38. The summed E-state index contributed by atoms with van der Waals surface area (Å²) in [4.78, 5) is 23.4. The number of hydrazine groups is 2. The van der Waals surface area contributed by atoms with Gasteiger partial charge in [0.2, 0.25) is 5.91 Å². The Hall–Kier alpha value is -2.36. The summed E-state index contributed by atoms with van der Waals surface area (Å²) in [6.45, 7) is 3.02. The van der Waals surface area contributed by atoms with Crippen LogP contribution in [0.2, 0.25) is 0 Å². The van der Waals surface area contributed by atoms with Crippen molar-refractivity contribution in [3.05, 3.63) is 29.3 Å². The largest absolute Gasteiger partial charge is 0.506 e. The Kier molecular flexibility index (Phi) is 5.03. The number of rotatable bonds is 5. The first-order valence-electron chi connectivity index (χ1n) is 8.64. The van der Waals surface area contributed by atoms with E-state index in [9.17, 15) is 14.7 Å². The number of nitrogens with two attached hydrogens (primary N) is 1. The fraction of sp³-hybridized carbons (Fsp3) is 0.529. The van der Waals surface area contributed by atoms with Gasteiger partial charge in [0.1, 0.15) is 11.4 Å².